The van der Waals surface area contributed by atoms with Crippen molar-refractivity contribution < 1.29 is 0 Å². The van der Waals surface area contributed by atoms with Gasteiger partial charge in [0, 0.05) is 23.9 Å². The lowest BCUT2D eigenvalue weighted by Gasteiger charge is -2.07. The number of hydrogen-bond donors (Lipinski definition) is 0. The number of pyridine rings is 1. The predicted octanol–water partition coefficient (Wildman–Crippen LogP) is 3.24. The summed E-state index contributed by atoms with van der Waals surface area (Å²) in [6, 6.07) is 4.16. The molecule has 2 aromatic heterocycles. The van der Waals surface area contributed by atoms with Gasteiger partial charge in [-0.15, -0.1) is 0 Å². The molecule has 0 N–H and O–H groups in total. The summed E-state index contributed by atoms with van der Waals surface area (Å²) in [4.78, 5) is 12.8. The Morgan fingerprint density at radius 2 is 1.89 bits per heavy atom. The maximum atomic E-state index is 6.07. The second-order valence-corrected chi connectivity index (χ2v) is 4.49. The highest BCUT2D eigenvalue weighted by Gasteiger charge is 2.09. The zero-order valence-corrected chi connectivity index (χ0v) is 11.4. The molecule has 18 heavy (non-hydrogen) atoms. The molecule has 4 heteroatoms. The van der Waals surface area contributed by atoms with Crippen molar-refractivity contribution in [2.45, 2.75) is 33.1 Å². The fraction of sp³-hybridized carbons (Fsp3) is 0.357. The minimum absolute atomic E-state index is 0.549. The van der Waals surface area contributed by atoms with E-state index >= 15 is 0 Å². The van der Waals surface area contributed by atoms with Crippen LogP contribution in [-0.2, 0) is 19.3 Å². The summed E-state index contributed by atoms with van der Waals surface area (Å²) in [5.41, 5.74) is 4.24. The Hall–Kier alpha value is -1.48. The normalized spacial score (nSPS) is 10.6. The first kappa shape index (κ1) is 13.0. The molecule has 0 atom stereocenters. The minimum Gasteiger partial charge on any atom is -0.261 e. The summed E-state index contributed by atoms with van der Waals surface area (Å²) < 4.78 is 0. The molecule has 2 heterocycles. The maximum Gasteiger partial charge on any atom is 0.135 e. The van der Waals surface area contributed by atoms with Crippen LogP contribution in [0.1, 0.15) is 36.4 Å². The zero-order valence-electron chi connectivity index (χ0n) is 10.7. The molecular formula is C14H16ClN3. The van der Waals surface area contributed by atoms with E-state index in [1.807, 2.05) is 12.3 Å². The number of aromatic nitrogens is 3. The van der Waals surface area contributed by atoms with Crippen molar-refractivity contribution in [2.24, 2.45) is 0 Å². The van der Waals surface area contributed by atoms with Crippen molar-refractivity contribution >= 4 is 11.6 Å². The second-order valence-electron chi connectivity index (χ2n) is 4.13. The summed E-state index contributed by atoms with van der Waals surface area (Å²) in [6.45, 7) is 4.18. The molecule has 0 bridgehead atoms. The lowest BCUT2D eigenvalue weighted by Crippen LogP contribution is -2.02. The predicted molar refractivity (Wildman–Crippen MR) is 72.8 cm³/mol. The van der Waals surface area contributed by atoms with E-state index in [9.17, 15) is 0 Å². The molecule has 0 fully saturated rings. The van der Waals surface area contributed by atoms with Crippen LogP contribution in [0.15, 0.2) is 24.7 Å². The number of halogens is 1. The van der Waals surface area contributed by atoms with Crippen molar-refractivity contribution in [1.82, 2.24) is 15.0 Å². The van der Waals surface area contributed by atoms with Gasteiger partial charge in [-0.05, 0) is 24.5 Å². The van der Waals surface area contributed by atoms with E-state index < -0.39 is 0 Å². The van der Waals surface area contributed by atoms with Gasteiger partial charge in [0.05, 0.1) is 5.69 Å². The van der Waals surface area contributed by atoms with E-state index in [1.54, 1.807) is 0 Å². The van der Waals surface area contributed by atoms with Gasteiger partial charge in [-0.1, -0.05) is 31.5 Å². The molecule has 3 nitrogen and oxygen atoms in total. The Kier molecular flexibility index (Phi) is 4.26. The van der Waals surface area contributed by atoms with Crippen LogP contribution in [0.5, 0.6) is 0 Å². The molecule has 0 aliphatic heterocycles. The van der Waals surface area contributed by atoms with Crippen LogP contribution in [0, 0.1) is 0 Å². The van der Waals surface area contributed by atoms with Crippen LogP contribution in [0.4, 0.5) is 0 Å². The monoisotopic (exact) mass is 261 g/mol. The Bertz CT molecular complexity index is 523. The van der Waals surface area contributed by atoms with Crippen molar-refractivity contribution in [3.8, 4) is 0 Å². The van der Waals surface area contributed by atoms with Crippen LogP contribution in [0.2, 0.25) is 5.15 Å². The molecule has 0 amide bonds. The largest absolute Gasteiger partial charge is 0.261 e. The van der Waals surface area contributed by atoms with Crippen molar-refractivity contribution in [3.63, 3.8) is 0 Å². The number of nitrogens with zero attached hydrogens (tertiary/aromatic N) is 3. The fourth-order valence-corrected chi connectivity index (χ4v) is 2.15. The molecule has 2 rings (SSSR count). The Balaban J connectivity index is 2.25. The SMILES string of the molecule is CCc1ccc(Cc2ncnc(Cl)c2CC)nc1. The molecule has 2 aromatic rings. The smallest absolute Gasteiger partial charge is 0.135 e. The summed E-state index contributed by atoms with van der Waals surface area (Å²) in [7, 11) is 0. The van der Waals surface area contributed by atoms with Gasteiger partial charge in [-0.25, -0.2) is 9.97 Å². The van der Waals surface area contributed by atoms with E-state index in [-0.39, 0.29) is 0 Å². The molecule has 0 saturated carbocycles. The van der Waals surface area contributed by atoms with Gasteiger partial charge in [-0.2, -0.15) is 0 Å². The Morgan fingerprint density at radius 3 is 2.50 bits per heavy atom. The quantitative estimate of drug-likeness (QED) is 0.793. The van der Waals surface area contributed by atoms with Gasteiger partial charge in [0.15, 0.2) is 0 Å². The third-order valence-corrected chi connectivity index (χ3v) is 3.30. The van der Waals surface area contributed by atoms with Crippen LogP contribution in [-0.4, -0.2) is 15.0 Å². The van der Waals surface area contributed by atoms with Crippen molar-refractivity contribution in [1.29, 1.82) is 0 Å². The average molecular weight is 262 g/mol. The van der Waals surface area contributed by atoms with E-state index in [2.05, 4.69) is 34.9 Å². The highest BCUT2D eigenvalue weighted by molar-refractivity contribution is 6.30. The molecule has 0 aliphatic rings. The zero-order chi connectivity index (χ0) is 13.0. The van der Waals surface area contributed by atoms with Crippen LogP contribution in [0.3, 0.4) is 0 Å². The molecule has 94 valence electrons. The molecule has 0 aromatic carbocycles. The van der Waals surface area contributed by atoms with E-state index in [0.29, 0.717) is 11.6 Å². The van der Waals surface area contributed by atoms with Crippen LogP contribution >= 0.6 is 11.6 Å². The number of hydrogen-bond acceptors (Lipinski definition) is 3. The van der Waals surface area contributed by atoms with Gasteiger partial charge < -0.3 is 0 Å². The molecule has 0 spiro atoms. The van der Waals surface area contributed by atoms with Crippen LogP contribution in [0.25, 0.3) is 0 Å². The van der Waals surface area contributed by atoms with Gasteiger partial charge in [0.1, 0.15) is 11.5 Å². The van der Waals surface area contributed by atoms with E-state index in [0.717, 1.165) is 29.8 Å². The summed E-state index contributed by atoms with van der Waals surface area (Å²) in [5.74, 6) is 0. The standard InChI is InChI=1S/C14H16ClN3/c1-3-10-5-6-11(16-8-10)7-13-12(4-2)14(15)18-9-17-13/h5-6,8-9H,3-4,7H2,1-2H3. The average Bonchev–Trinajstić information content (AvgIpc) is 2.40. The summed E-state index contributed by atoms with van der Waals surface area (Å²) in [5, 5.41) is 0.549. The first-order chi connectivity index (χ1) is 8.74. The van der Waals surface area contributed by atoms with Crippen LogP contribution < -0.4 is 0 Å². The first-order valence-corrected chi connectivity index (χ1v) is 6.54. The molecular weight excluding hydrogens is 246 g/mol. The highest BCUT2D eigenvalue weighted by Crippen LogP contribution is 2.18. The third kappa shape index (κ3) is 2.85. The van der Waals surface area contributed by atoms with E-state index in [1.165, 1.54) is 11.9 Å². The van der Waals surface area contributed by atoms with Gasteiger partial charge in [-0.3, -0.25) is 4.98 Å². The maximum absolute atomic E-state index is 6.07. The van der Waals surface area contributed by atoms with Crippen molar-refractivity contribution in [3.05, 3.63) is 52.3 Å². The van der Waals surface area contributed by atoms with Crippen molar-refractivity contribution in [2.75, 3.05) is 0 Å². The highest BCUT2D eigenvalue weighted by atomic mass is 35.5. The number of aryl methyl sites for hydroxylation is 1. The second kappa shape index (κ2) is 5.91. The first-order valence-electron chi connectivity index (χ1n) is 6.16. The summed E-state index contributed by atoms with van der Waals surface area (Å²) >= 11 is 6.07. The fourth-order valence-electron chi connectivity index (χ4n) is 1.87. The molecule has 0 radical (unpaired) electrons. The number of rotatable bonds is 4. The minimum atomic E-state index is 0.549. The molecule has 0 saturated heterocycles. The van der Waals surface area contributed by atoms with Gasteiger partial charge in [0.2, 0.25) is 0 Å². The lowest BCUT2D eigenvalue weighted by atomic mass is 10.1. The Labute approximate surface area is 112 Å². The Morgan fingerprint density at radius 1 is 1.06 bits per heavy atom. The molecule has 0 unspecified atom stereocenters. The van der Waals surface area contributed by atoms with Gasteiger partial charge in [0.25, 0.3) is 0 Å². The third-order valence-electron chi connectivity index (χ3n) is 2.98. The lowest BCUT2D eigenvalue weighted by molar-refractivity contribution is 0.923. The summed E-state index contributed by atoms with van der Waals surface area (Å²) in [6.07, 6.45) is 5.98. The topological polar surface area (TPSA) is 38.7 Å². The van der Waals surface area contributed by atoms with E-state index in [4.69, 9.17) is 11.6 Å². The molecule has 0 aliphatic carbocycles. The van der Waals surface area contributed by atoms with Gasteiger partial charge >= 0.3 is 0 Å².